The first-order chi connectivity index (χ1) is 7.72. The Morgan fingerprint density at radius 1 is 1.50 bits per heavy atom. The van der Waals surface area contributed by atoms with Crippen molar-refractivity contribution in [2.24, 2.45) is 7.05 Å². The molecule has 2 aromatic rings. The lowest BCUT2D eigenvalue weighted by molar-refractivity contribution is 0.737. The number of fused-ring (bicyclic) bond motifs is 2. The second kappa shape index (κ2) is 3.53. The molecule has 3 rings (SSSR count). The van der Waals surface area contributed by atoms with Gasteiger partial charge < -0.3 is 4.57 Å². The summed E-state index contributed by atoms with van der Waals surface area (Å²) in [6, 6.07) is 0. The predicted octanol–water partition coefficient (Wildman–Crippen LogP) is 0.798. The zero-order chi connectivity index (χ0) is 11.3. The molecule has 0 saturated carbocycles. The summed E-state index contributed by atoms with van der Waals surface area (Å²) in [5, 5.41) is 4.83. The molecular weight excluding hydrogens is 244 g/mol. The van der Waals surface area contributed by atoms with E-state index >= 15 is 0 Å². The largest absolute Gasteiger partial charge is 0.316 e. The average Bonchev–Trinajstić information content (AvgIpc) is 2.92. The molecule has 1 aliphatic rings. The Labute approximate surface area is 100 Å². The molecule has 16 heavy (non-hydrogen) atoms. The Morgan fingerprint density at radius 2 is 2.31 bits per heavy atom. The van der Waals surface area contributed by atoms with Gasteiger partial charge in [-0.2, -0.15) is 9.50 Å². The standard InChI is InChI=1S/C9H10N4OS2/c1-12-5-3-4-16-6(5)7(14)13-9(12)10-8(11-13)15-2/h3-4H2,1-2H3. The summed E-state index contributed by atoms with van der Waals surface area (Å²) in [5.41, 5.74) is 1.06. The Hall–Kier alpha value is -0.950. The maximum absolute atomic E-state index is 12.1. The molecule has 0 aliphatic carbocycles. The fourth-order valence-electron chi connectivity index (χ4n) is 1.89. The van der Waals surface area contributed by atoms with Crippen molar-refractivity contribution in [1.82, 2.24) is 19.2 Å². The molecule has 2 aromatic heterocycles. The second-order valence-corrected chi connectivity index (χ2v) is 5.43. The van der Waals surface area contributed by atoms with Gasteiger partial charge in [-0.25, -0.2) is 0 Å². The SMILES string of the molecule is CSc1nc2n(C)c3c(c(=O)n2n1)SCC3. The van der Waals surface area contributed by atoms with Crippen molar-refractivity contribution < 1.29 is 0 Å². The van der Waals surface area contributed by atoms with Gasteiger partial charge in [0, 0.05) is 18.5 Å². The number of aryl methyl sites for hydroxylation is 1. The molecule has 0 fully saturated rings. The zero-order valence-electron chi connectivity index (χ0n) is 8.93. The summed E-state index contributed by atoms with van der Waals surface area (Å²) in [4.78, 5) is 17.3. The van der Waals surface area contributed by atoms with Gasteiger partial charge in [-0.1, -0.05) is 11.8 Å². The van der Waals surface area contributed by atoms with E-state index in [0.717, 1.165) is 22.8 Å². The van der Waals surface area contributed by atoms with Crippen LogP contribution in [0, 0.1) is 0 Å². The third-order valence-electron chi connectivity index (χ3n) is 2.69. The monoisotopic (exact) mass is 254 g/mol. The summed E-state index contributed by atoms with van der Waals surface area (Å²) in [6.45, 7) is 0. The van der Waals surface area contributed by atoms with Crippen molar-refractivity contribution >= 4 is 29.3 Å². The van der Waals surface area contributed by atoms with Gasteiger partial charge >= 0.3 is 0 Å². The molecule has 0 unspecified atom stereocenters. The third-order valence-corrected chi connectivity index (χ3v) is 4.34. The molecule has 7 heteroatoms. The van der Waals surface area contributed by atoms with Crippen LogP contribution in [-0.2, 0) is 13.5 Å². The second-order valence-electron chi connectivity index (χ2n) is 3.55. The van der Waals surface area contributed by atoms with Gasteiger partial charge in [0.1, 0.15) is 0 Å². The van der Waals surface area contributed by atoms with Crippen molar-refractivity contribution in [3.63, 3.8) is 0 Å². The zero-order valence-corrected chi connectivity index (χ0v) is 10.6. The summed E-state index contributed by atoms with van der Waals surface area (Å²) in [5.74, 6) is 1.61. The number of hydrogen-bond donors (Lipinski definition) is 0. The van der Waals surface area contributed by atoms with E-state index in [-0.39, 0.29) is 5.56 Å². The van der Waals surface area contributed by atoms with Crippen LogP contribution in [0.5, 0.6) is 0 Å². The van der Waals surface area contributed by atoms with E-state index in [1.807, 2.05) is 17.9 Å². The maximum Gasteiger partial charge on any atom is 0.289 e. The summed E-state index contributed by atoms with van der Waals surface area (Å²) in [7, 11) is 1.94. The third kappa shape index (κ3) is 1.24. The maximum atomic E-state index is 12.1. The number of thioether (sulfide) groups is 2. The van der Waals surface area contributed by atoms with Crippen molar-refractivity contribution in [3.05, 3.63) is 16.0 Å². The first-order valence-corrected chi connectivity index (χ1v) is 7.09. The van der Waals surface area contributed by atoms with Crippen LogP contribution in [0.25, 0.3) is 5.78 Å². The molecule has 0 aromatic carbocycles. The highest BCUT2D eigenvalue weighted by atomic mass is 32.2. The normalized spacial score (nSPS) is 14.6. The number of rotatable bonds is 1. The molecule has 0 bridgehead atoms. The van der Waals surface area contributed by atoms with Crippen LogP contribution in [-0.4, -0.2) is 31.2 Å². The summed E-state index contributed by atoms with van der Waals surface area (Å²) in [6.07, 6.45) is 2.84. The van der Waals surface area contributed by atoms with Crippen LogP contribution < -0.4 is 5.56 Å². The molecule has 3 heterocycles. The number of aromatic nitrogens is 4. The first-order valence-electron chi connectivity index (χ1n) is 4.88. The van der Waals surface area contributed by atoms with E-state index in [9.17, 15) is 4.79 Å². The van der Waals surface area contributed by atoms with Crippen LogP contribution >= 0.6 is 23.5 Å². The molecule has 0 radical (unpaired) electrons. The lowest BCUT2D eigenvalue weighted by Crippen LogP contribution is -2.21. The highest BCUT2D eigenvalue weighted by molar-refractivity contribution is 7.99. The summed E-state index contributed by atoms with van der Waals surface area (Å²) >= 11 is 3.06. The minimum atomic E-state index is -0.0293. The molecule has 0 amide bonds. The van der Waals surface area contributed by atoms with Crippen molar-refractivity contribution in [2.45, 2.75) is 16.5 Å². The fraction of sp³-hybridized carbons (Fsp3) is 0.444. The van der Waals surface area contributed by atoms with Crippen molar-refractivity contribution in [3.8, 4) is 0 Å². The fourth-order valence-corrected chi connectivity index (χ4v) is 3.35. The van der Waals surface area contributed by atoms with Crippen LogP contribution in [0.4, 0.5) is 0 Å². The molecule has 0 saturated heterocycles. The molecule has 5 nitrogen and oxygen atoms in total. The topological polar surface area (TPSA) is 52.2 Å². The van der Waals surface area contributed by atoms with Crippen LogP contribution in [0.15, 0.2) is 14.8 Å². The number of hydrogen-bond acceptors (Lipinski definition) is 5. The quantitative estimate of drug-likeness (QED) is 0.705. The van der Waals surface area contributed by atoms with E-state index in [0.29, 0.717) is 10.9 Å². The van der Waals surface area contributed by atoms with E-state index in [1.54, 1.807) is 11.8 Å². The van der Waals surface area contributed by atoms with Crippen LogP contribution in [0.3, 0.4) is 0 Å². The van der Waals surface area contributed by atoms with Gasteiger partial charge in [0.15, 0.2) is 0 Å². The Balaban J connectivity index is 2.46. The average molecular weight is 254 g/mol. The highest BCUT2D eigenvalue weighted by Crippen LogP contribution is 2.28. The minimum absolute atomic E-state index is 0.0293. The molecule has 0 N–H and O–H groups in total. The highest BCUT2D eigenvalue weighted by Gasteiger charge is 2.22. The minimum Gasteiger partial charge on any atom is -0.316 e. The Morgan fingerprint density at radius 3 is 3.06 bits per heavy atom. The molecule has 1 aliphatic heterocycles. The lowest BCUT2D eigenvalue weighted by atomic mass is 10.3. The van der Waals surface area contributed by atoms with E-state index < -0.39 is 0 Å². The smallest absolute Gasteiger partial charge is 0.289 e. The van der Waals surface area contributed by atoms with Crippen molar-refractivity contribution in [1.29, 1.82) is 0 Å². The van der Waals surface area contributed by atoms with E-state index in [2.05, 4.69) is 10.1 Å². The first kappa shape index (κ1) is 10.2. The predicted molar refractivity (Wildman–Crippen MR) is 64.4 cm³/mol. The molecule has 84 valence electrons. The van der Waals surface area contributed by atoms with Gasteiger partial charge in [0.2, 0.25) is 10.9 Å². The van der Waals surface area contributed by atoms with Crippen LogP contribution in [0.1, 0.15) is 5.69 Å². The van der Waals surface area contributed by atoms with Gasteiger partial charge in [-0.3, -0.25) is 4.79 Å². The van der Waals surface area contributed by atoms with E-state index in [4.69, 9.17) is 0 Å². The van der Waals surface area contributed by atoms with Gasteiger partial charge in [0.25, 0.3) is 5.56 Å². The molecule has 0 atom stereocenters. The van der Waals surface area contributed by atoms with Gasteiger partial charge in [-0.15, -0.1) is 16.9 Å². The molecular formula is C9H10N4OS2. The van der Waals surface area contributed by atoms with Gasteiger partial charge in [-0.05, 0) is 12.7 Å². The molecule has 0 spiro atoms. The Bertz CT molecular complexity index is 630. The number of nitrogens with zero attached hydrogens (tertiary/aromatic N) is 4. The summed E-state index contributed by atoms with van der Waals surface area (Å²) < 4.78 is 3.38. The van der Waals surface area contributed by atoms with Gasteiger partial charge in [0.05, 0.1) is 4.90 Å². The Kier molecular flexibility index (Phi) is 2.25. The van der Waals surface area contributed by atoms with Crippen molar-refractivity contribution in [2.75, 3.05) is 12.0 Å². The van der Waals surface area contributed by atoms with Crippen LogP contribution in [0.2, 0.25) is 0 Å². The van der Waals surface area contributed by atoms with E-state index in [1.165, 1.54) is 16.3 Å². The lowest BCUT2D eigenvalue weighted by Gasteiger charge is -2.06.